The van der Waals surface area contributed by atoms with Gasteiger partial charge >= 0.3 is 5.69 Å². The third-order valence-corrected chi connectivity index (χ3v) is 3.52. The van der Waals surface area contributed by atoms with Gasteiger partial charge in [-0.1, -0.05) is 6.92 Å². The predicted octanol–water partition coefficient (Wildman–Crippen LogP) is 2.62. The molecule has 2 rings (SSSR count). The van der Waals surface area contributed by atoms with Gasteiger partial charge in [-0.05, 0) is 12.5 Å². The summed E-state index contributed by atoms with van der Waals surface area (Å²) in [6.07, 6.45) is 5.55. The third kappa shape index (κ3) is 2.80. The van der Waals surface area contributed by atoms with Gasteiger partial charge in [0.25, 0.3) is 0 Å². The van der Waals surface area contributed by atoms with Crippen LogP contribution in [0, 0.1) is 10.1 Å². The Labute approximate surface area is 108 Å². The molecule has 0 aliphatic heterocycles. The fraction of sp³-hybridized carbons (Fsp3) is 0.273. The Hall–Kier alpha value is -2.02. The van der Waals surface area contributed by atoms with Crippen LogP contribution in [0.5, 0.6) is 0 Å². The zero-order valence-corrected chi connectivity index (χ0v) is 10.6. The lowest BCUT2D eigenvalue weighted by Crippen LogP contribution is -2.02. The highest BCUT2D eigenvalue weighted by molar-refractivity contribution is 7.11. The number of nitrogens with zero attached hydrogens (tertiary/aromatic N) is 3. The number of anilines is 1. The third-order valence-electron chi connectivity index (χ3n) is 2.38. The first-order valence-corrected chi connectivity index (χ1v) is 6.28. The van der Waals surface area contributed by atoms with E-state index in [9.17, 15) is 10.1 Å². The van der Waals surface area contributed by atoms with Crippen LogP contribution in [0.3, 0.4) is 0 Å². The molecule has 18 heavy (non-hydrogen) atoms. The largest absolute Gasteiger partial charge is 0.373 e. The van der Waals surface area contributed by atoms with Crippen LogP contribution in [0.1, 0.15) is 16.8 Å². The topological polar surface area (TPSA) is 81.0 Å². The summed E-state index contributed by atoms with van der Waals surface area (Å²) in [6.45, 7) is 2.55. The number of pyridine rings is 1. The van der Waals surface area contributed by atoms with Crippen molar-refractivity contribution in [1.82, 2.24) is 9.97 Å². The molecule has 0 atom stereocenters. The Bertz CT molecular complexity index is 555. The summed E-state index contributed by atoms with van der Waals surface area (Å²) in [7, 11) is 0. The van der Waals surface area contributed by atoms with Crippen molar-refractivity contribution in [3.8, 4) is 0 Å². The fourth-order valence-electron chi connectivity index (χ4n) is 1.45. The van der Waals surface area contributed by atoms with Crippen molar-refractivity contribution in [3.05, 3.63) is 44.7 Å². The van der Waals surface area contributed by atoms with E-state index in [1.165, 1.54) is 17.3 Å². The second kappa shape index (κ2) is 5.54. The summed E-state index contributed by atoms with van der Waals surface area (Å²) in [5.41, 5.74) is 0.438. The van der Waals surface area contributed by atoms with E-state index in [1.54, 1.807) is 17.4 Å². The van der Waals surface area contributed by atoms with Crippen LogP contribution in [0.15, 0.2) is 24.7 Å². The SMILES string of the molecule is CCc1cnc(CNc2ccncc2[N+](=O)[O-])s1. The van der Waals surface area contributed by atoms with Gasteiger partial charge in [0.2, 0.25) is 0 Å². The highest BCUT2D eigenvalue weighted by Gasteiger charge is 2.13. The van der Waals surface area contributed by atoms with Crippen molar-refractivity contribution in [2.75, 3.05) is 5.32 Å². The highest BCUT2D eigenvalue weighted by atomic mass is 32.1. The summed E-state index contributed by atoms with van der Waals surface area (Å²) in [5, 5.41) is 14.7. The number of nitro groups is 1. The Morgan fingerprint density at radius 2 is 2.33 bits per heavy atom. The first-order chi connectivity index (χ1) is 8.70. The number of aryl methyl sites for hydroxylation is 1. The minimum Gasteiger partial charge on any atom is -0.373 e. The molecule has 0 aliphatic rings. The Morgan fingerprint density at radius 1 is 1.50 bits per heavy atom. The standard InChI is InChI=1S/C11H12N4O2S/c1-2-8-5-14-11(18-8)7-13-9-3-4-12-6-10(9)15(16)17/h3-6H,2,7H2,1H3,(H,12,13). The maximum absolute atomic E-state index is 10.8. The molecule has 2 heterocycles. The smallest absolute Gasteiger partial charge is 0.310 e. The molecule has 2 aromatic rings. The van der Waals surface area contributed by atoms with E-state index >= 15 is 0 Å². The van der Waals surface area contributed by atoms with Crippen molar-refractivity contribution in [3.63, 3.8) is 0 Å². The van der Waals surface area contributed by atoms with Gasteiger partial charge in [0, 0.05) is 17.3 Å². The van der Waals surface area contributed by atoms with Gasteiger partial charge in [0.05, 0.1) is 11.5 Å². The van der Waals surface area contributed by atoms with Crippen molar-refractivity contribution < 1.29 is 4.92 Å². The van der Waals surface area contributed by atoms with Crippen molar-refractivity contribution in [1.29, 1.82) is 0 Å². The Morgan fingerprint density at radius 3 is 3.00 bits per heavy atom. The number of aromatic nitrogens is 2. The molecule has 0 saturated heterocycles. The minimum absolute atomic E-state index is 0.0234. The van der Waals surface area contributed by atoms with Crippen molar-refractivity contribution in [2.45, 2.75) is 19.9 Å². The lowest BCUT2D eigenvalue weighted by atomic mass is 10.3. The molecular weight excluding hydrogens is 252 g/mol. The molecule has 6 nitrogen and oxygen atoms in total. The lowest BCUT2D eigenvalue weighted by Gasteiger charge is -2.03. The Kier molecular flexibility index (Phi) is 3.83. The van der Waals surface area contributed by atoms with E-state index in [-0.39, 0.29) is 5.69 Å². The van der Waals surface area contributed by atoms with Gasteiger partial charge in [-0.3, -0.25) is 15.1 Å². The van der Waals surface area contributed by atoms with Crippen LogP contribution in [-0.2, 0) is 13.0 Å². The molecule has 2 aromatic heterocycles. The maximum Gasteiger partial charge on any atom is 0.310 e. The molecule has 0 amide bonds. The average Bonchev–Trinajstić information content (AvgIpc) is 2.84. The quantitative estimate of drug-likeness (QED) is 0.663. The second-order valence-electron chi connectivity index (χ2n) is 3.58. The van der Waals surface area contributed by atoms with Crippen molar-refractivity contribution in [2.24, 2.45) is 0 Å². The zero-order chi connectivity index (χ0) is 13.0. The van der Waals surface area contributed by atoms with Gasteiger partial charge in [0.15, 0.2) is 0 Å². The van der Waals surface area contributed by atoms with Gasteiger partial charge in [-0.15, -0.1) is 11.3 Å². The average molecular weight is 264 g/mol. The molecule has 0 unspecified atom stereocenters. The van der Waals surface area contributed by atoms with E-state index in [4.69, 9.17) is 0 Å². The number of nitrogens with one attached hydrogen (secondary N) is 1. The van der Waals surface area contributed by atoms with Gasteiger partial charge < -0.3 is 5.32 Å². The van der Waals surface area contributed by atoms with Crippen LogP contribution >= 0.6 is 11.3 Å². The summed E-state index contributed by atoms with van der Waals surface area (Å²) in [6, 6.07) is 1.59. The molecule has 0 bridgehead atoms. The number of hydrogen-bond donors (Lipinski definition) is 1. The molecule has 0 radical (unpaired) electrons. The molecule has 7 heteroatoms. The van der Waals surface area contributed by atoms with Crippen LogP contribution < -0.4 is 5.32 Å². The highest BCUT2D eigenvalue weighted by Crippen LogP contribution is 2.23. The van der Waals surface area contributed by atoms with Crippen LogP contribution in [0.2, 0.25) is 0 Å². The molecule has 94 valence electrons. The summed E-state index contributed by atoms with van der Waals surface area (Å²) in [5.74, 6) is 0. The summed E-state index contributed by atoms with van der Waals surface area (Å²) < 4.78 is 0. The predicted molar refractivity (Wildman–Crippen MR) is 69.7 cm³/mol. The lowest BCUT2D eigenvalue weighted by molar-refractivity contribution is -0.384. The molecule has 0 saturated carbocycles. The van der Waals surface area contributed by atoms with Crippen LogP contribution in [0.4, 0.5) is 11.4 Å². The molecule has 0 aromatic carbocycles. The summed E-state index contributed by atoms with van der Waals surface area (Å²) >= 11 is 1.61. The zero-order valence-electron chi connectivity index (χ0n) is 9.79. The first kappa shape index (κ1) is 12.4. The van der Waals surface area contributed by atoms with E-state index in [0.717, 1.165) is 11.4 Å². The normalized spacial score (nSPS) is 10.3. The maximum atomic E-state index is 10.8. The second-order valence-corrected chi connectivity index (χ2v) is 4.78. The Balaban J connectivity index is 2.08. The van der Waals surface area contributed by atoms with E-state index in [0.29, 0.717) is 12.2 Å². The van der Waals surface area contributed by atoms with E-state index in [1.807, 2.05) is 6.20 Å². The fourth-order valence-corrected chi connectivity index (χ4v) is 2.25. The molecule has 0 fully saturated rings. The van der Waals surface area contributed by atoms with Crippen LogP contribution in [0.25, 0.3) is 0 Å². The monoisotopic (exact) mass is 264 g/mol. The minimum atomic E-state index is -0.450. The molecule has 1 N–H and O–H groups in total. The van der Waals surface area contributed by atoms with Crippen LogP contribution in [-0.4, -0.2) is 14.9 Å². The van der Waals surface area contributed by atoms with E-state index in [2.05, 4.69) is 22.2 Å². The van der Waals surface area contributed by atoms with Crippen molar-refractivity contribution >= 4 is 22.7 Å². The molecular formula is C11H12N4O2S. The van der Waals surface area contributed by atoms with E-state index < -0.39 is 4.92 Å². The summed E-state index contributed by atoms with van der Waals surface area (Å²) in [4.78, 5) is 19.5. The first-order valence-electron chi connectivity index (χ1n) is 5.46. The molecule has 0 aliphatic carbocycles. The number of hydrogen-bond acceptors (Lipinski definition) is 6. The van der Waals surface area contributed by atoms with Gasteiger partial charge in [-0.25, -0.2) is 4.98 Å². The number of thiazole rings is 1. The van der Waals surface area contributed by atoms with Gasteiger partial charge in [-0.2, -0.15) is 0 Å². The number of rotatable bonds is 5. The molecule has 0 spiro atoms. The van der Waals surface area contributed by atoms with Gasteiger partial charge in [0.1, 0.15) is 16.9 Å².